The summed E-state index contributed by atoms with van der Waals surface area (Å²) in [5, 5.41) is 0. The third-order valence-corrected chi connectivity index (χ3v) is 17.2. The number of esters is 2. The summed E-state index contributed by atoms with van der Waals surface area (Å²) in [7, 11) is 0. The van der Waals surface area contributed by atoms with Gasteiger partial charge in [0.1, 0.15) is 12.6 Å². The average molecular weight is 718 g/mol. The molecule has 0 aromatic rings. The molecule has 4 unspecified atom stereocenters. The molecule has 8 rings (SSSR count). The Morgan fingerprint density at radius 2 is 1.47 bits per heavy atom. The smallest absolute Gasteiger partial charge is 0.302 e. The summed E-state index contributed by atoms with van der Waals surface area (Å²) in [6, 6.07) is 0. The molecule has 0 radical (unpaired) electrons. The summed E-state index contributed by atoms with van der Waals surface area (Å²) in [4.78, 5) is 27.0. The summed E-state index contributed by atoms with van der Waals surface area (Å²) >= 11 is 0. The number of rotatable bonds is 6. The van der Waals surface area contributed by atoms with Crippen molar-refractivity contribution in [2.45, 2.75) is 119 Å². The van der Waals surface area contributed by atoms with E-state index in [9.17, 15) is 9.59 Å². The van der Waals surface area contributed by atoms with Crippen LogP contribution >= 0.6 is 0 Å². The predicted octanol–water partition coefficient (Wildman–Crippen LogP) is 4.27. The second kappa shape index (κ2) is 12.1. The van der Waals surface area contributed by atoms with Gasteiger partial charge in [0.25, 0.3) is 0 Å². The summed E-state index contributed by atoms with van der Waals surface area (Å²) in [5.41, 5.74) is 2.40. The van der Waals surface area contributed by atoms with Gasteiger partial charge in [0.05, 0.1) is 26.2 Å². The van der Waals surface area contributed by atoms with Gasteiger partial charge in [0.15, 0.2) is 0 Å². The highest BCUT2D eigenvalue weighted by Gasteiger charge is 2.71. The first-order valence-electron chi connectivity index (χ1n) is 19.2. The summed E-state index contributed by atoms with van der Waals surface area (Å²) in [6.07, 6.45) is 12.1. The van der Waals surface area contributed by atoms with Gasteiger partial charge in [-0.15, -0.1) is 0 Å². The van der Waals surface area contributed by atoms with Gasteiger partial charge in [-0.3, -0.25) is 14.5 Å². The van der Waals surface area contributed by atoms with E-state index < -0.39 is 0 Å². The highest BCUT2D eigenvalue weighted by atomic mass is 79.9. The normalized spacial score (nSPS) is 49.3. The fraction of sp³-hybridized carbons (Fsp3) is 0.900. The van der Waals surface area contributed by atoms with Crippen molar-refractivity contribution in [3.63, 3.8) is 0 Å². The van der Waals surface area contributed by atoms with Gasteiger partial charge < -0.3 is 30.9 Å². The standard InChI is InChI=1S/C40H65N2O4.BrH/c1-27(25-42-22-19-41(20-23-42)21-24-42)30-11-16-40(26-45-28(2)43)18-17-38(7)31(35(30)40)9-10-33-37(6)14-13-34(46-29(3)44)36(4,5)32(37)12-15-39(33,38)8;/h30-35H,1,9-26H2,2-8H3;1H/q+1;/p-1/t30-,31?,32?,33?,34-,35?,37-,38+,39+,40+;/m0./s1. The molecule has 3 aliphatic heterocycles. The van der Waals surface area contributed by atoms with Crippen LogP contribution in [0.15, 0.2) is 12.2 Å². The first kappa shape index (κ1) is 35.9. The second-order valence-electron chi connectivity index (χ2n) is 19.1. The largest absolute Gasteiger partial charge is 1.00 e. The lowest BCUT2D eigenvalue weighted by Crippen LogP contribution is -3.00. The Balaban J connectivity index is 0.00000386. The number of halogens is 1. The number of quaternary nitrogens is 1. The molecule has 266 valence electrons. The molecule has 0 amide bonds. The van der Waals surface area contributed by atoms with E-state index in [1.807, 2.05) is 0 Å². The van der Waals surface area contributed by atoms with Crippen molar-refractivity contribution < 1.29 is 40.5 Å². The van der Waals surface area contributed by atoms with E-state index in [0.29, 0.717) is 36.2 Å². The van der Waals surface area contributed by atoms with E-state index >= 15 is 0 Å². The monoisotopic (exact) mass is 716 g/mol. The van der Waals surface area contributed by atoms with E-state index in [1.165, 1.54) is 101 Å². The van der Waals surface area contributed by atoms with Crippen LogP contribution in [-0.4, -0.2) is 79.8 Å². The number of piperazine rings is 3. The minimum absolute atomic E-state index is 0. The van der Waals surface area contributed by atoms with Crippen LogP contribution < -0.4 is 17.0 Å². The van der Waals surface area contributed by atoms with Crippen molar-refractivity contribution in [2.24, 2.45) is 56.7 Å². The SMILES string of the molecule is C=C(C[N+]12CCN(CC1)CC2)[C@@H]1CC[C@]2(COC(C)=O)CC[C@]3(C)C(CCC4[C@@]5(C)CC[C@H](OC(C)=O)C(C)(C)C5CC[C@]43C)C12.[Br-]. The van der Waals surface area contributed by atoms with Crippen molar-refractivity contribution in [3.8, 4) is 0 Å². The van der Waals surface area contributed by atoms with Gasteiger partial charge in [0, 0.05) is 44.3 Å². The number of fused-ring (bicyclic) bond motifs is 10. The van der Waals surface area contributed by atoms with E-state index in [-0.39, 0.29) is 62.1 Å². The van der Waals surface area contributed by atoms with Crippen LogP contribution in [0.3, 0.4) is 0 Å². The third-order valence-electron chi connectivity index (χ3n) is 17.2. The number of carbonyl (C=O) groups is 2. The minimum atomic E-state index is -0.130. The molecule has 7 heteroatoms. The molecule has 3 heterocycles. The molecule has 0 aromatic heterocycles. The zero-order valence-electron chi connectivity index (χ0n) is 30.8. The Morgan fingerprint density at radius 1 is 0.787 bits per heavy atom. The van der Waals surface area contributed by atoms with Crippen molar-refractivity contribution >= 4 is 11.9 Å². The van der Waals surface area contributed by atoms with Gasteiger partial charge in [0.2, 0.25) is 0 Å². The molecule has 0 N–H and O–H groups in total. The minimum Gasteiger partial charge on any atom is -1.00 e. The molecule has 5 saturated carbocycles. The van der Waals surface area contributed by atoms with Crippen molar-refractivity contribution in [1.29, 1.82) is 0 Å². The van der Waals surface area contributed by atoms with Gasteiger partial charge in [-0.1, -0.05) is 41.2 Å². The molecule has 0 spiro atoms. The third kappa shape index (κ3) is 5.35. The maximum absolute atomic E-state index is 12.2. The Labute approximate surface area is 296 Å². The van der Waals surface area contributed by atoms with Gasteiger partial charge in [-0.05, 0) is 116 Å². The van der Waals surface area contributed by atoms with E-state index in [4.69, 9.17) is 16.1 Å². The fourth-order valence-corrected chi connectivity index (χ4v) is 14.6. The highest BCUT2D eigenvalue weighted by Crippen LogP contribution is 2.77. The van der Waals surface area contributed by atoms with Crippen LogP contribution in [0, 0.1) is 56.7 Å². The Morgan fingerprint density at radius 3 is 2.11 bits per heavy atom. The van der Waals surface area contributed by atoms with E-state index in [1.54, 1.807) is 13.8 Å². The topological polar surface area (TPSA) is 55.8 Å². The van der Waals surface area contributed by atoms with Gasteiger partial charge in [-0.25, -0.2) is 0 Å². The lowest BCUT2D eigenvalue weighted by atomic mass is 9.32. The molecule has 10 atom stereocenters. The summed E-state index contributed by atoms with van der Waals surface area (Å²) < 4.78 is 13.2. The van der Waals surface area contributed by atoms with Crippen LogP contribution in [-0.2, 0) is 19.1 Å². The molecule has 0 aromatic carbocycles. The molecule has 8 aliphatic rings. The maximum Gasteiger partial charge on any atom is 0.302 e. The Hall–Kier alpha value is -0.920. The van der Waals surface area contributed by atoms with Crippen LogP contribution in [0.2, 0.25) is 0 Å². The molecule has 8 fully saturated rings. The first-order valence-corrected chi connectivity index (χ1v) is 19.2. The number of carbonyl (C=O) groups excluding carboxylic acids is 2. The van der Waals surface area contributed by atoms with Crippen LogP contribution in [0.25, 0.3) is 0 Å². The van der Waals surface area contributed by atoms with Gasteiger partial charge >= 0.3 is 11.9 Å². The van der Waals surface area contributed by atoms with Gasteiger partial charge in [-0.2, -0.15) is 0 Å². The molecule has 2 bridgehead atoms. The lowest BCUT2D eigenvalue weighted by Gasteiger charge is -2.73. The van der Waals surface area contributed by atoms with Crippen LogP contribution in [0.4, 0.5) is 0 Å². The molecule has 6 nitrogen and oxygen atoms in total. The molecule has 47 heavy (non-hydrogen) atoms. The number of hydrogen-bond acceptors (Lipinski definition) is 5. The van der Waals surface area contributed by atoms with E-state index in [0.717, 1.165) is 19.4 Å². The first-order chi connectivity index (χ1) is 21.6. The van der Waals surface area contributed by atoms with Crippen molar-refractivity contribution in [2.75, 3.05) is 52.4 Å². The highest BCUT2D eigenvalue weighted by molar-refractivity contribution is 5.66. The molecular weight excluding hydrogens is 652 g/mol. The van der Waals surface area contributed by atoms with Crippen molar-refractivity contribution in [1.82, 2.24) is 4.90 Å². The zero-order valence-corrected chi connectivity index (χ0v) is 32.4. The molecular formula is C40H65BrN2O4. The lowest BCUT2D eigenvalue weighted by molar-refractivity contribution is -0.937. The summed E-state index contributed by atoms with van der Waals surface area (Å²) in [5.74, 6) is 2.74. The zero-order chi connectivity index (χ0) is 32.9. The molecule has 5 aliphatic carbocycles. The maximum atomic E-state index is 12.2. The number of ether oxygens (including phenoxy) is 2. The summed E-state index contributed by atoms with van der Waals surface area (Å²) in [6.45, 7) is 30.3. The molecule has 3 saturated heterocycles. The Kier molecular flexibility index (Phi) is 9.24. The Bertz CT molecular complexity index is 1250. The van der Waals surface area contributed by atoms with Crippen molar-refractivity contribution in [3.05, 3.63) is 12.2 Å². The number of hydrogen-bond donors (Lipinski definition) is 0. The van der Waals surface area contributed by atoms with E-state index in [2.05, 4.69) is 39.5 Å². The predicted molar refractivity (Wildman–Crippen MR) is 182 cm³/mol. The fourth-order valence-electron chi connectivity index (χ4n) is 14.6. The van der Waals surface area contributed by atoms with Crippen LogP contribution in [0.5, 0.6) is 0 Å². The number of nitrogens with zero attached hydrogens (tertiary/aromatic N) is 2. The second-order valence-corrected chi connectivity index (χ2v) is 19.1. The quantitative estimate of drug-likeness (QED) is 0.234. The average Bonchev–Trinajstić information content (AvgIpc) is 3.39. The van der Waals surface area contributed by atoms with Crippen LogP contribution in [0.1, 0.15) is 113 Å².